The molecule has 6 N–H and O–H groups in total. The number of rotatable bonds is 2. The van der Waals surface area contributed by atoms with E-state index in [-0.39, 0.29) is 17.8 Å². The molecule has 94 valence electrons. The van der Waals surface area contributed by atoms with Gasteiger partial charge in [-0.1, -0.05) is 0 Å². The van der Waals surface area contributed by atoms with Gasteiger partial charge in [0, 0.05) is 44.0 Å². The lowest BCUT2D eigenvalue weighted by Crippen LogP contribution is -2.52. The quantitative estimate of drug-likeness (QED) is 0.555. The van der Waals surface area contributed by atoms with Crippen LogP contribution in [0.25, 0.3) is 0 Å². The average molecular weight is 236 g/mol. The minimum absolute atomic E-state index is 0.102. The Morgan fingerprint density at radius 2 is 1.94 bits per heavy atom. The van der Waals surface area contributed by atoms with E-state index in [9.17, 15) is 5.11 Å². The summed E-state index contributed by atoms with van der Waals surface area (Å²) in [7, 11) is 1.78. The molecule has 1 aliphatic rings. The van der Waals surface area contributed by atoms with Crippen LogP contribution < -0.4 is 21.7 Å². The molecule has 0 aromatic heterocycles. The second kappa shape index (κ2) is 4.81. The van der Waals surface area contributed by atoms with Gasteiger partial charge in [-0.2, -0.15) is 0 Å². The van der Waals surface area contributed by atoms with Crippen molar-refractivity contribution in [1.29, 1.82) is 0 Å². The molecular weight excluding hydrogens is 216 g/mol. The minimum Gasteiger partial charge on any atom is -0.506 e. The largest absolute Gasteiger partial charge is 0.506 e. The maximum Gasteiger partial charge on any atom is 0.140 e. The Labute approximate surface area is 101 Å². The molecule has 0 bridgehead atoms. The van der Waals surface area contributed by atoms with E-state index in [1.54, 1.807) is 13.1 Å². The summed E-state index contributed by atoms with van der Waals surface area (Å²) in [6.45, 7) is 1.57. The maximum atomic E-state index is 9.80. The van der Waals surface area contributed by atoms with Crippen LogP contribution in [-0.2, 0) is 0 Å². The van der Waals surface area contributed by atoms with Crippen LogP contribution in [0, 0.1) is 0 Å². The van der Waals surface area contributed by atoms with Gasteiger partial charge in [0.15, 0.2) is 0 Å². The predicted octanol–water partition coefficient (Wildman–Crippen LogP) is 0.299. The number of aromatic hydroxyl groups is 1. The summed E-state index contributed by atoms with van der Waals surface area (Å²) in [5.41, 5.74) is 13.6. The first-order valence-electron chi connectivity index (χ1n) is 5.87. The van der Waals surface area contributed by atoms with Crippen LogP contribution in [0.5, 0.6) is 5.75 Å². The average Bonchev–Trinajstić information content (AvgIpc) is 2.27. The lowest BCUT2D eigenvalue weighted by Gasteiger charge is -2.36. The molecule has 0 aliphatic carbocycles. The Hall–Kier alpha value is -1.46. The minimum atomic E-state index is 0.102. The van der Waals surface area contributed by atoms with E-state index in [1.807, 2.05) is 12.1 Å². The number of nitrogens with one attached hydrogen (secondary N) is 1. The Bertz CT molecular complexity index is 386. The maximum absolute atomic E-state index is 9.80. The second-order valence-corrected chi connectivity index (χ2v) is 4.61. The predicted molar refractivity (Wildman–Crippen MR) is 70.4 cm³/mol. The van der Waals surface area contributed by atoms with Gasteiger partial charge >= 0.3 is 0 Å². The lowest BCUT2D eigenvalue weighted by molar-refractivity contribution is 0.449. The number of hydrogen-bond donors (Lipinski definition) is 4. The fourth-order valence-electron chi connectivity index (χ4n) is 2.32. The molecule has 0 spiro atoms. The van der Waals surface area contributed by atoms with Crippen molar-refractivity contribution in [2.45, 2.75) is 18.5 Å². The van der Waals surface area contributed by atoms with Gasteiger partial charge in [0.2, 0.25) is 0 Å². The van der Waals surface area contributed by atoms with Crippen LogP contribution in [0.15, 0.2) is 18.2 Å². The van der Waals surface area contributed by atoms with Crippen LogP contribution in [0.3, 0.4) is 0 Å². The van der Waals surface area contributed by atoms with Crippen molar-refractivity contribution < 1.29 is 5.11 Å². The van der Waals surface area contributed by atoms with Crippen LogP contribution in [0.4, 0.5) is 11.4 Å². The van der Waals surface area contributed by atoms with Crippen LogP contribution >= 0.6 is 0 Å². The zero-order valence-electron chi connectivity index (χ0n) is 10.1. The molecule has 1 aromatic rings. The summed E-state index contributed by atoms with van der Waals surface area (Å²) in [4.78, 5) is 2.12. The third-order valence-corrected chi connectivity index (χ3v) is 3.13. The first kappa shape index (κ1) is 12.0. The van der Waals surface area contributed by atoms with Crippen molar-refractivity contribution in [3.8, 4) is 5.75 Å². The zero-order chi connectivity index (χ0) is 12.4. The standard InChI is InChI=1S/C12H20N4O/c1-15-11-3-2-10(5-12(11)17)16-6-8(13)4-9(14)7-16/h2-3,5,8-9,15,17H,4,6-7,13-14H2,1H3. The van der Waals surface area contributed by atoms with Gasteiger partial charge in [0.25, 0.3) is 0 Å². The van der Waals surface area contributed by atoms with Gasteiger partial charge in [-0.15, -0.1) is 0 Å². The van der Waals surface area contributed by atoms with E-state index < -0.39 is 0 Å². The van der Waals surface area contributed by atoms with E-state index in [4.69, 9.17) is 11.5 Å². The molecule has 0 radical (unpaired) electrons. The first-order valence-corrected chi connectivity index (χ1v) is 5.87. The molecule has 1 fully saturated rings. The van der Waals surface area contributed by atoms with Crippen molar-refractivity contribution in [2.75, 3.05) is 30.4 Å². The van der Waals surface area contributed by atoms with Gasteiger partial charge < -0.3 is 26.8 Å². The highest BCUT2D eigenvalue weighted by Gasteiger charge is 2.23. The van der Waals surface area contributed by atoms with Gasteiger partial charge in [-0.3, -0.25) is 0 Å². The summed E-state index contributed by atoms with van der Waals surface area (Å²) < 4.78 is 0. The van der Waals surface area contributed by atoms with E-state index in [1.165, 1.54) is 0 Å². The Balaban J connectivity index is 2.19. The molecule has 0 amide bonds. The molecular formula is C12H20N4O. The van der Waals surface area contributed by atoms with Crippen molar-refractivity contribution >= 4 is 11.4 Å². The summed E-state index contributed by atoms with van der Waals surface area (Å²) >= 11 is 0. The number of benzene rings is 1. The number of phenols is 1. The number of hydrogen-bond acceptors (Lipinski definition) is 5. The highest BCUT2D eigenvalue weighted by atomic mass is 16.3. The number of piperidine rings is 1. The molecule has 5 heteroatoms. The van der Waals surface area contributed by atoms with Crippen molar-refractivity contribution in [3.05, 3.63) is 18.2 Å². The van der Waals surface area contributed by atoms with Crippen molar-refractivity contribution in [1.82, 2.24) is 0 Å². The monoisotopic (exact) mass is 236 g/mol. The summed E-state index contributed by atoms with van der Waals surface area (Å²) in [5.74, 6) is 0.248. The first-order chi connectivity index (χ1) is 8.10. The number of anilines is 2. The highest BCUT2D eigenvalue weighted by molar-refractivity contribution is 5.64. The second-order valence-electron chi connectivity index (χ2n) is 4.61. The molecule has 2 unspecified atom stereocenters. The van der Waals surface area contributed by atoms with Gasteiger partial charge in [-0.25, -0.2) is 0 Å². The molecule has 5 nitrogen and oxygen atoms in total. The third kappa shape index (κ3) is 2.62. The van der Waals surface area contributed by atoms with E-state index in [0.717, 1.165) is 30.9 Å². The Morgan fingerprint density at radius 3 is 2.47 bits per heavy atom. The van der Waals surface area contributed by atoms with Crippen molar-refractivity contribution in [2.24, 2.45) is 11.5 Å². The zero-order valence-corrected chi connectivity index (χ0v) is 10.1. The fourth-order valence-corrected chi connectivity index (χ4v) is 2.32. The van der Waals surface area contributed by atoms with E-state index in [0.29, 0.717) is 0 Å². The molecule has 17 heavy (non-hydrogen) atoms. The molecule has 1 heterocycles. The Kier molecular flexibility index (Phi) is 3.40. The molecule has 1 saturated heterocycles. The molecule has 0 saturated carbocycles. The van der Waals surface area contributed by atoms with Crippen LogP contribution in [0.2, 0.25) is 0 Å². The van der Waals surface area contributed by atoms with Gasteiger partial charge in [0.1, 0.15) is 5.75 Å². The van der Waals surface area contributed by atoms with E-state index in [2.05, 4.69) is 10.2 Å². The normalized spacial score (nSPS) is 24.8. The van der Waals surface area contributed by atoms with Crippen molar-refractivity contribution in [3.63, 3.8) is 0 Å². The Morgan fingerprint density at radius 1 is 1.29 bits per heavy atom. The summed E-state index contributed by atoms with van der Waals surface area (Å²) in [5, 5.41) is 12.7. The number of nitrogens with two attached hydrogens (primary N) is 2. The molecule has 2 atom stereocenters. The number of phenolic OH excluding ortho intramolecular Hbond substituents is 1. The van der Waals surface area contributed by atoms with E-state index >= 15 is 0 Å². The fraction of sp³-hybridized carbons (Fsp3) is 0.500. The third-order valence-electron chi connectivity index (χ3n) is 3.13. The van der Waals surface area contributed by atoms with Crippen LogP contribution in [0.1, 0.15) is 6.42 Å². The lowest BCUT2D eigenvalue weighted by atomic mass is 10.0. The topological polar surface area (TPSA) is 87.5 Å². The van der Waals surface area contributed by atoms with Gasteiger partial charge in [0.05, 0.1) is 5.69 Å². The van der Waals surface area contributed by atoms with Gasteiger partial charge in [-0.05, 0) is 18.6 Å². The summed E-state index contributed by atoms with van der Waals surface area (Å²) in [6.07, 6.45) is 0.858. The molecule has 2 rings (SSSR count). The number of nitrogens with zero attached hydrogens (tertiary/aromatic N) is 1. The molecule has 1 aromatic carbocycles. The summed E-state index contributed by atoms with van der Waals surface area (Å²) in [6, 6.07) is 5.78. The highest BCUT2D eigenvalue weighted by Crippen LogP contribution is 2.29. The SMILES string of the molecule is CNc1ccc(N2CC(N)CC(N)C2)cc1O. The molecule has 1 aliphatic heterocycles. The smallest absolute Gasteiger partial charge is 0.140 e. The van der Waals surface area contributed by atoms with Crippen LogP contribution in [-0.4, -0.2) is 37.3 Å².